The van der Waals surface area contributed by atoms with E-state index in [0.717, 1.165) is 10.0 Å². The zero-order valence-corrected chi connectivity index (χ0v) is 11.5. The number of carbonyl (C=O) groups is 2. The highest BCUT2D eigenvalue weighted by Gasteiger charge is 2.24. The number of halogens is 1. The van der Waals surface area contributed by atoms with Gasteiger partial charge in [-0.15, -0.1) is 0 Å². The Morgan fingerprint density at radius 3 is 2.89 bits per heavy atom. The lowest BCUT2D eigenvalue weighted by Crippen LogP contribution is -2.42. The molecule has 1 heterocycles. The molecule has 0 saturated carbocycles. The maximum atomic E-state index is 11.9. The summed E-state index contributed by atoms with van der Waals surface area (Å²) >= 11 is 3.44. The number of carbonyl (C=O) groups excluding carboxylic acids is 2. The second-order valence-electron chi connectivity index (χ2n) is 4.35. The number of amides is 2. The van der Waals surface area contributed by atoms with Crippen LogP contribution in [0.5, 0.6) is 0 Å². The summed E-state index contributed by atoms with van der Waals surface area (Å²) in [6.07, 6.45) is 1.07. The van der Waals surface area contributed by atoms with Crippen molar-refractivity contribution in [1.29, 1.82) is 0 Å². The minimum atomic E-state index is -0.106. The first kappa shape index (κ1) is 13.1. The molecule has 18 heavy (non-hydrogen) atoms. The second-order valence-corrected chi connectivity index (χ2v) is 5.20. The fourth-order valence-electron chi connectivity index (χ4n) is 1.93. The molecular weight excluding hydrogens is 296 g/mol. The highest BCUT2D eigenvalue weighted by molar-refractivity contribution is 9.10. The third-order valence-corrected chi connectivity index (χ3v) is 3.82. The van der Waals surface area contributed by atoms with E-state index in [1.54, 1.807) is 0 Å². The summed E-state index contributed by atoms with van der Waals surface area (Å²) in [5, 5.41) is 5.62. The van der Waals surface area contributed by atoms with Gasteiger partial charge in [0.2, 0.25) is 11.8 Å². The van der Waals surface area contributed by atoms with E-state index in [4.69, 9.17) is 0 Å². The summed E-state index contributed by atoms with van der Waals surface area (Å²) in [7, 11) is 0. The van der Waals surface area contributed by atoms with E-state index in [1.807, 2.05) is 24.3 Å². The Hall–Kier alpha value is -1.36. The molecule has 1 saturated heterocycles. The van der Waals surface area contributed by atoms with Crippen molar-refractivity contribution in [3.05, 3.63) is 34.3 Å². The highest BCUT2D eigenvalue weighted by Crippen LogP contribution is 2.16. The van der Waals surface area contributed by atoms with Crippen LogP contribution in [0.3, 0.4) is 0 Å². The summed E-state index contributed by atoms with van der Waals surface area (Å²) < 4.78 is 0.988. The standard InChI is InChI=1S/C13H15BrN2O2/c14-11-4-2-1-3-9(11)7-16-13(18)10-5-6-12(17)15-8-10/h1-4,10H,5-8H2,(H,15,17)(H,16,18). The number of hydrogen-bond acceptors (Lipinski definition) is 2. The van der Waals surface area contributed by atoms with Gasteiger partial charge in [-0.2, -0.15) is 0 Å². The van der Waals surface area contributed by atoms with E-state index >= 15 is 0 Å². The van der Waals surface area contributed by atoms with Gasteiger partial charge in [0.15, 0.2) is 0 Å². The summed E-state index contributed by atoms with van der Waals surface area (Å²) in [6, 6.07) is 7.79. The Bertz CT molecular complexity index is 452. The Morgan fingerprint density at radius 1 is 1.44 bits per heavy atom. The summed E-state index contributed by atoms with van der Waals surface area (Å²) in [4.78, 5) is 22.9. The zero-order valence-electron chi connectivity index (χ0n) is 9.91. The van der Waals surface area contributed by atoms with E-state index in [9.17, 15) is 9.59 Å². The Labute approximate surface area is 114 Å². The first-order valence-electron chi connectivity index (χ1n) is 5.94. The molecule has 1 aliphatic heterocycles. The van der Waals surface area contributed by atoms with Gasteiger partial charge in [0.25, 0.3) is 0 Å². The lowest BCUT2D eigenvalue weighted by molar-refractivity contribution is -0.129. The SMILES string of the molecule is O=C1CCC(C(=O)NCc2ccccc2Br)CN1. The number of rotatable bonds is 3. The second kappa shape index (κ2) is 6.00. The van der Waals surface area contributed by atoms with Gasteiger partial charge in [-0.25, -0.2) is 0 Å². The topological polar surface area (TPSA) is 58.2 Å². The molecule has 2 rings (SSSR count). The predicted molar refractivity (Wildman–Crippen MR) is 71.7 cm³/mol. The van der Waals surface area contributed by atoms with Crippen LogP contribution in [0.4, 0.5) is 0 Å². The van der Waals surface area contributed by atoms with Gasteiger partial charge >= 0.3 is 0 Å². The molecule has 96 valence electrons. The van der Waals surface area contributed by atoms with Crippen LogP contribution in [0.1, 0.15) is 18.4 Å². The van der Waals surface area contributed by atoms with Crippen LogP contribution in [0, 0.1) is 5.92 Å². The third-order valence-electron chi connectivity index (χ3n) is 3.05. The minimum absolute atomic E-state index is 0.00533. The van der Waals surface area contributed by atoms with Gasteiger partial charge < -0.3 is 10.6 Å². The quantitative estimate of drug-likeness (QED) is 0.891. The smallest absolute Gasteiger partial charge is 0.225 e. The van der Waals surface area contributed by atoms with Gasteiger partial charge in [-0.3, -0.25) is 9.59 Å². The lowest BCUT2D eigenvalue weighted by Gasteiger charge is -2.21. The van der Waals surface area contributed by atoms with Crippen LogP contribution in [-0.2, 0) is 16.1 Å². The fraction of sp³-hybridized carbons (Fsp3) is 0.385. The molecule has 1 aliphatic rings. The van der Waals surface area contributed by atoms with Crippen molar-refractivity contribution in [2.24, 2.45) is 5.92 Å². The largest absolute Gasteiger partial charge is 0.355 e. The van der Waals surface area contributed by atoms with Gasteiger partial charge in [0, 0.05) is 24.0 Å². The highest BCUT2D eigenvalue weighted by atomic mass is 79.9. The van der Waals surface area contributed by atoms with E-state index in [2.05, 4.69) is 26.6 Å². The van der Waals surface area contributed by atoms with E-state index in [1.165, 1.54) is 0 Å². The van der Waals surface area contributed by atoms with Crippen molar-refractivity contribution < 1.29 is 9.59 Å². The molecule has 1 aromatic rings. The molecule has 0 spiro atoms. The van der Waals surface area contributed by atoms with Crippen molar-refractivity contribution in [2.45, 2.75) is 19.4 Å². The molecule has 1 fully saturated rings. The maximum absolute atomic E-state index is 11.9. The van der Waals surface area contributed by atoms with Crippen molar-refractivity contribution in [2.75, 3.05) is 6.54 Å². The Balaban J connectivity index is 1.85. The molecule has 0 radical (unpaired) electrons. The Kier molecular flexibility index (Phi) is 4.36. The summed E-state index contributed by atoms with van der Waals surface area (Å²) in [5.74, 6) is -0.0687. The maximum Gasteiger partial charge on any atom is 0.225 e. The number of nitrogens with one attached hydrogen (secondary N) is 2. The molecule has 5 heteroatoms. The summed E-state index contributed by atoms with van der Waals surface area (Å²) in [6.45, 7) is 0.950. The van der Waals surface area contributed by atoms with Crippen LogP contribution >= 0.6 is 15.9 Å². The molecule has 0 aliphatic carbocycles. The predicted octanol–water partition coefficient (Wildman–Crippen LogP) is 1.59. The van der Waals surface area contributed by atoms with Crippen molar-refractivity contribution >= 4 is 27.7 Å². The average Bonchev–Trinajstić information content (AvgIpc) is 2.38. The van der Waals surface area contributed by atoms with Crippen molar-refractivity contribution in [3.63, 3.8) is 0 Å². The zero-order chi connectivity index (χ0) is 13.0. The molecule has 2 amide bonds. The number of hydrogen-bond donors (Lipinski definition) is 2. The third kappa shape index (κ3) is 3.32. The minimum Gasteiger partial charge on any atom is -0.355 e. The monoisotopic (exact) mass is 310 g/mol. The molecule has 4 nitrogen and oxygen atoms in total. The molecule has 2 N–H and O–H groups in total. The number of piperidine rings is 1. The van der Waals surface area contributed by atoms with Gasteiger partial charge in [0.1, 0.15) is 0 Å². The van der Waals surface area contributed by atoms with E-state index < -0.39 is 0 Å². The molecule has 0 bridgehead atoms. The molecular formula is C13H15BrN2O2. The van der Waals surface area contributed by atoms with Crippen LogP contribution in [0.15, 0.2) is 28.7 Å². The molecule has 0 aromatic heterocycles. The first-order chi connectivity index (χ1) is 8.66. The molecule has 1 aromatic carbocycles. The van der Waals surface area contributed by atoms with E-state index in [0.29, 0.717) is 25.9 Å². The fourth-order valence-corrected chi connectivity index (χ4v) is 2.35. The molecule has 1 unspecified atom stereocenters. The average molecular weight is 311 g/mol. The van der Waals surface area contributed by atoms with Gasteiger partial charge in [-0.1, -0.05) is 34.1 Å². The van der Waals surface area contributed by atoms with Crippen molar-refractivity contribution in [3.8, 4) is 0 Å². The Morgan fingerprint density at radius 2 is 2.22 bits per heavy atom. The van der Waals surface area contributed by atoms with Crippen LogP contribution in [0.2, 0.25) is 0 Å². The first-order valence-corrected chi connectivity index (χ1v) is 6.74. The summed E-state index contributed by atoms with van der Waals surface area (Å²) in [5.41, 5.74) is 1.05. The van der Waals surface area contributed by atoms with Crippen molar-refractivity contribution in [1.82, 2.24) is 10.6 Å². The number of benzene rings is 1. The normalized spacial score (nSPS) is 19.2. The van der Waals surface area contributed by atoms with Gasteiger partial charge in [0.05, 0.1) is 5.92 Å². The van der Waals surface area contributed by atoms with E-state index in [-0.39, 0.29) is 17.7 Å². The van der Waals surface area contributed by atoms with Crippen LogP contribution in [-0.4, -0.2) is 18.4 Å². The van der Waals surface area contributed by atoms with Crippen LogP contribution < -0.4 is 10.6 Å². The van der Waals surface area contributed by atoms with Crippen LogP contribution in [0.25, 0.3) is 0 Å². The van der Waals surface area contributed by atoms with Gasteiger partial charge in [-0.05, 0) is 18.1 Å². The lowest BCUT2D eigenvalue weighted by atomic mass is 9.98. The molecule has 1 atom stereocenters.